The highest BCUT2D eigenvalue weighted by Gasteiger charge is 2.27. The van der Waals surface area contributed by atoms with Crippen LogP contribution in [0.15, 0.2) is 30.6 Å². The van der Waals surface area contributed by atoms with Gasteiger partial charge in [0, 0.05) is 41.1 Å². The first-order valence-corrected chi connectivity index (χ1v) is 9.58. The van der Waals surface area contributed by atoms with Gasteiger partial charge in [-0.25, -0.2) is 9.83 Å². The second kappa shape index (κ2) is 7.29. The summed E-state index contributed by atoms with van der Waals surface area (Å²) in [5, 5.41) is 2.00. The van der Waals surface area contributed by atoms with E-state index in [9.17, 15) is 0 Å². The Bertz CT molecular complexity index is 972. The average Bonchev–Trinajstić information content (AvgIpc) is 3.30. The topological polar surface area (TPSA) is 45.5 Å². The van der Waals surface area contributed by atoms with Crippen molar-refractivity contribution in [2.45, 2.75) is 0 Å². The Kier molecular flexibility index (Phi) is 4.88. The SMILES string of the molecule is [C-]#[N+]c1c(N2CCOCC2)sc(-c2ncc[nH]2)c1-c1ccc(Cl)cc1Cl. The van der Waals surface area contributed by atoms with Crippen molar-refractivity contribution >= 4 is 45.2 Å². The van der Waals surface area contributed by atoms with Crippen molar-refractivity contribution in [2.75, 3.05) is 31.2 Å². The summed E-state index contributed by atoms with van der Waals surface area (Å²) >= 11 is 14.1. The largest absolute Gasteiger partial charge is 0.378 e. The molecule has 26 heavy (non-hydrogen) atoms. The fraction of sp³-hybridized carbons (Fsp3) is 0.222. The normalized spacial score (nSPS) is 14.4. The minimum absolute atomic E-state index is 0.515. The quantitative estimate of drug-likeness (QED) is 0.586. The van der Waals surface area contributed by atoms with E-state index < -0.39 is 0 Å². The van der Waals surface area contributed by atoms with Gasteiger partial charge in [0.05, 0.1) is 29.7 Å². The number of aromatic nitrogens is 2. The van der Waals surface area contributed by atoms with Gasteiger partial charge < -0.3 is 14.6 Å². The molecule has 0 unspecified atom stereocenters. The maximum atomic E-state index is 7.82. The third kappa shape index (κ3) is 3.08. The van der Waals surface area contributed by atoms with E-state index in [1.54, 1.807) is 35.9 Å². The van der Waals surface area contributed by atoms with Gasteiger partial charge in [-0.05, 0) is 17.7 Å². The van der Waals surface area contributed by atoms with E-state index in [0.717, 1.165) is 39.9 Å². The number of thiophene rings is 1. The summed E-state index contributed by atoms with van der Waals surface area (Å²) in [4.78, 5) is 14.5. The van der Waals surface area contributed by atoms with Crippen LogP contribution in [-0.4, -0.2) is 36.3 Å². The Balaban J connectivity index is 1.95. The van der Waals surface area contributed by atoms with Gasteiger partial charge >= 0.3 is 0 Å². The van der Waals surface area contributed by atoms with Crippen LogP contribution in [0.5, 0.6) is 0 Å². The van der Waals surface area contributed by atoms with Gasteiger partial charge in [0.2, 0.25) is 5.69 Å². The summed E-state index contributed by atoms with van der Waals surface area (Å²) in [7, 11) is 0. The Hall–Kier alpha value is -2.04. The van der Waals surface area contributed by atoms with E-state index in [2.05, 4.69) is 19.7 Å². The van der Waals surface area contributed by atoms with Gasteiger partial charge in [-0.15, -0.1) is 11.3 Å². The zero-order valence-electron chi connectivity index (χ0n) is 13.6. The van der Waals surface area contributed by atoms with Crippen molar-refractivity contribution in [3.8, 4) is 21.8 Å². The molecule has 1 aromatic carbocycles. The van der Waals surface area contributed by atoms with Crippen LogP contribution in [0.3, 0.4) is 0 Å². The molecule has 1 fully saturated rings. The number of halogens is 2. The second-order valence-corrected chi connectivity index (χ2v) is 7.58. The predicted molar refractivity (Wildman–Crippen MR) is 107 cm³/mol. The highest BCUT2D eigenvalue weighted by Crippen LogP contribution is 2.53. The Morgan fingerprint density at radius 3 is 2.73 bits per heavy atom. The maximum absolute atomic E-state index is 7.82. The lowest BCUT2D eigenvalue weighted by Crippen LogP contribution is -2.35. The number of benzene rings is 1. The molecule has 2 aromatic heterocycles. The number of H-pyrrole nitrogens is 1. The van der Waals surface area contributed by atoms with Gasteiger partial charge in [-0.3, -0.25) is 0 Å². The minimum atomic E-state index is 0.515. The fourth-order valence-electron chi connectivity index (χ4n) is 2.99. The summed E-state index contributed by atoms with van der Waals surface area (Å²) < 4.78 is 5.45. The highest BCUT2D eigenvalue weighted by atomic mass is 35.5. The van der Waals surface area contributed by atoms with Gasteiger partial charge in [-0.2, -0.15) is 0 Å². The summed E-state index contributed by atoms with van der Waals surface area (Å²) in [5.74, 6) is 0.723. The molecule has 5 nitrogen and oxygen atoms in total. The first kappa shape index (κ1) is 17.4. The van der Waals surface area contributed by atoms with Crippen molar-refractivity contribution < 1.29 is 4.74 Å². The summed E-state index contributed by atoms with van der Waals surface area (Å²) in [5.41, 5.74) is 2.17. The molecule has 4 rings (SSSR count). The van der Waals surface area contributed by atoms with E-state index in [1.807, 2.05) is 6.07 Å². The van der Waals surface area contributed by atoms with E-state index >= 15 is 0 Å². The summed E-state index contributed by atoms with van der Waals surface area (Å²) in [6.45, 7) is 10.6. The average molecular weight is 405 g/mol. The van der Waals surface area contributed by atoms with E-state index in [0.29, 0.717) is 28.9 Å². The molecule has 8 heteroatoms. The lowest BCUT2D eigenvalue weighted by Gasteiger charge is -2.28. The number of morpholine rings is 1. The smallest absolute Gasteiger partial charge is 0.229 e. The van der Waals surface area contributed by atoms with Crippen LogP contribution in [0, 0.1) is 6.57 Å². The van der Waals surface area contributed by atoms with Crippen LogP contribution in [0.2, 0.25) is 10.0 Å². The predicted octanol–water partition coefficient (Wildman–Crippen LogP) is 5.50. The molecule has 1 N–H and O–H groups in total. The zero-order valence-corrected chi connectivity index (χ0v) is 16.0. The van der Waals surface area contributed by atoms with E-state index in [-0.39, 0.29) is 0 Å². The third-order valence-corrected chi connectivity index (χ3v) is 5.98. The number of hydrogen-bond donors (Lipinski definition) is 1. The molecule has 132 valence electrons. The molecular formula is C18H14Cl2N4OS. The molecular weight excluding hydrogens is 391 g/mol. The number of anilines is 1. The van der Waals surface area contributed by atoms with Crippen LogP contribution >= 0.6 is 34.5 Å². The first-order valence-electron chi connectivity index (χ1n) is 8.01. The molecule has 3 aromatic rings. The van der Waals surface area contributed by atoms with Crippen LogP contribution in [0.4, 0.5) is 10.7 Å². The molecule has 3 heterocycles. The van der Waals surface area contributed by atoms with Gasteiger partial charge in [-0.1, -0.05) is 29.3 Å². The summed E-state index contributed by atoms with van der Waals surface area (Å²) in [6.07, 6.45) is 3.47. The number of hydrogen-bond acceptors (Lipinski definition) is 4. The van der Waals surface area contributed by atoms with E-state index in [4.69, 9.17) is 34.5 Å². The molecule has 1 saturated heterocycles. The molecule has 1 aliphatic heterocycles. The second-order valence-electron chi connectivity index (χ2n) is 5.73. The molecule has 0 atom stereocenters. The van der Waals surface area contributed by atoms with Crippen molar-refractivity contribution in [1.29, 1.82) is 0 Å². The van der Waals surface area contributed by atoms with Crippen LogP contribution in [0.25, 0.3) is 26.7 Å². The lowest BCUT2D eigenvalue weighted by molar-refractivity contribution is 0.123. The first-order chi connectivity index (χ1) is 12.7. The van der Waals surface area contributed by atoms with Crippen molar-refractivity contribution in [1.82, 2.24) is 9.97 Å². The number of nitrogens with zero attached hydrogens (tertiary/aromatic N) is 3. The third-order valence-electron chi connectivity index (χ3n) is 4.19. The fourth-order valence-corrected chi connectivity index (χ4v) is 4.76. The zero-order chi connectivity index (χ0) is 18.1. The van der Waals surface area contributed by atoms with Gasteiger partial charge in [0.15, 0.2) is 0 Å². The maximum Gasteiger partial charge on any atom is 0.229 e. The summed E-state index contributed by atoms with van der Waals surface area (Å²) in [6, 6.07) is 5.34. The van der Waals surface area contributed by atoms with Crippen LogP contribution in [-0.2, 0) is 4.74 Å². The lowest BCUT2D eigenvalue weighted by atomic mass is 10.0. The Morgan fingerprint density at radius 2 is 2.08 bits per heavy atom. The number of aromatic amines is 1. The Labute approximate surface area is 165 Å². The van der Waals surface area contributed by atoms with Crippen LogP contribution in [0.1, 0.15) is 0 Å². The van der Waals surface area contributed by atoms with Crippen molar-refractivity contribution in [3.05, 3.63) is 52.1 Å². The Morgan fingerprint density at radius 1 is 1.27 bits per heavy atom. The highest BCUT2D eigenvalue weighted by molar-refractivity contribution is 7.20. The molecule has 0 saturated carbocycles. The van der Waals surface area contributed by atoms with Crippen molar-refractivity contribution in [3.63, 3.8) is 0 Å². The number of nitrogens with one attached hydrogen (secondary N) is 1. The van der Waals surface area contributed by atoms with Crippen molar-refractivity contribution in [2.24, 2.45) is 0 Å². The molecule has 0 radical (unpaired) electrons. The number of ether oxygens (including phenoxy) is 1. The van der Waals surface area contributed by atoms with Gasteiger partial charge in [0.1, 0.15) is 5.82 Å². The number of rotatable bonds is 3. The van der Waals surface area contributed by atoms with E-state index in [1.165, 1.54) is 0 Å². The van der Waals surface area contributed by atoms with Gasteiger partial charge in [0.25, 0.3) is 0 Å². The molecule has 0 bridgehead atoms. The minimum Gasteiger partial charge on any atom is -0.378 e. The van der Waals surface area contributed by atoms with Crippen LogP contribution < -0.4 is 4.90 Å². The molecule has 0 amide bonds. The monoisotopic (exact) mass is 404 g/mol. The standard InChI is InChI=1S/C18H14Cl2N4OS/c1-21-15-14(12-3-2-11(19)10-13(12)20)16(17-22-4-5-23-17)26-18(15)24-6-8-25-9-7-24/h2-5,10H,6-9H2,(H,22,23). The number of imidazole rings is 1. The molecule has 0 spiro atoms. The molecule has 1 aliphatic rings. The molecule has 0 aliphatic carbocycles.